The molecule has 4 rings (SSSR count). The topological polar surface area (TPSA) is 96.3 Å². The van der Waals surface area contributed by atoms with Crippen LogP contribution in [0.15, 0.2) is 30.3 Å². The highest BCUT2D eigenvalue weighted by Crippen LogP contribution is 2.29. The first-order valence-electron chi connectivity index (χ1n) is 12.9. The predicted octanol–water partition coefficient (Wildman–Crippen LogP) is 3.24. The lowest BCUT2D eigenvalue weighted by Crippen LogP contribution is -2.65. The van der Waals surface area contributed by atoms with E-state index in [1.165, 1.54) is 10.2 Å². The summed E-state index contributed by atoms with van der Waals surface area (Å²) >= 11 is 0. The van der Waals surface area contributed by atoms with E-state index in [9.17, 15) is 14.4 Å². The molecule has 0 bridgehead atoms. The van der Waals surface area contributed by atoms with Gasteiger partial charge in [0.25, 0.3) is 11.8 Å². The first-order chi connectivity index (χ1) is 16.8. The molecule has 0 unspecified atom stereocenters. The van der Waals surface area contributed by atoms with Crippen LogP contribution < -0.4 is 10.6 Å². The summed E-state index contributed by atoms with van der Waals surface area (Å²) in [5, 5.41) is 10.5. The summed E-state index contributed by atoms with van der Waals surface area (Å²) in [6.45, 7) is 7.12. The number of hydrogen-bond donors (Lipinski definition) is 2. The monoisotopic (exact) mass is 479 g/mol. The zero-order chi connectivity index (χ0) is 25.0. The van der Waals surface area contributed by atoms with Crippen LogP contribution in [0.4, 0.5) is 0 Å². The minimum Gasteiger partial charge on any atom is -0.351 e. The summed E-state index contributed by atoms with van der Waals surface area (Å²) < 4.78 is 1.54. The molecule has 1 aromatic carbocycles. The maximum Gasteiger partial charge on any atom is 0.273 e. The summed E-state index contributed by atoms with van der Waals surface area (Å²) in [6, 6.07) is 9.93. The van der Waals surface area contributed by atoms with E-state index < -0.39 is 5.54 Å². The van der Waals surface area contributed by atoms with Crippen molar-refractivity contribution < 1.29 is 14.4 Å². The number of amides is 3. The van der Waals surface area contributed by atoms with E-state index in [2.05, 4.69) is 46.9 Å². The van der Waals surface area contributed by atoms with Gasteiger partial charge in [0.2, 0.25) is 5.91 Å². The predicted molar refractivity (Wildman–Crippen MR) is 134 cm³/mol. The number of unbranched alkanes of at least 4 members (excludes halogenated alkanes) is 1. The molecule has 1 atom stereocenters. The number of rotatable bonds is 9. The number of carbonyl (C=O) groups excluding carboxylic acids is 3. The molecule has 0 radical (unpaired) electrons. The Morgan fingerprint density at radius 2 is 1.89 bits per heavy atom. The van der Waals surface area contributed by atoms with Crippen molar-refractivity contribution in [3.63, 3.8) is 0 Å². The Bertz CT molecular complexity index is 1070. The third kappa shape index (κ3) is 5.41. The Morgan fingerprint density at radius 1 is 1.17 bits per heavy atom. The molecule has 2 N–H and O–H groups in total. The molecule has 3 amide bonds. The molecule has 1 aromatic heterocycles. The number of aryl methyl sites for hydroxylation is 1. The summed E-state index contributed by atoms with van der Waals surface area (Å²) in [5.74, 6) is -0.705. The number of benzene rings is 1. The number of nitrogens with zero attached hydrogens (tertiary/aromatic N) is 3. The van der Waals surface area contributed by atoms with E-state index in [4.69, 9.17) is 0 Å². The van der Waals surface area contributed by atoms with E-state index in [1.54, 1.807) is 11.0 Å². The third-order valence-corrected chi connectivity index (χ3v) is 7.26. The fourth-order valence-corrected chi connectivity index (χ4v) is 5.00. The Morgan fingerprint density at radius 3 is 2.57 bits per heavy atom. The zero-order valence-corrected chi connectivity index (χ0v) is 21.1. The van der Waals surface area contributed by atoms with Gasteiger partial charge in [-0.1, -0.05) is 56.0 Å². The fourth-order valence-electron chi connectivity index (χ4n) is 5.00. The van der Waals surface area contributed by atoms with E-state index >= 15 is 0 Å². The third-order valence-electron chi connectivity index (χ3n) is 7.26. The highest BCUT2D eigenvalue weighted by molar-refractivity contribution is 6.01. The van der Waals surface area contributed by atoms with Gasteiger partial charge in [-0.05, 0) is 45.1 Å². The van der Waals surface area contributed by atoms with Crippen LogP contribution in [0, 0.1) is 6.92 Å². The van der Waals surface area contributed by atoms with Gasteiger partial charge in [-0.15, -0.1) is 0 Å². The summed E-state index contributed by atoms with van der Waals surface area (Å²) in [6.07, 6.45) is 6.62. The van der Waals surface area contributed by atoms with E-state index in [0.29, 0.717) is 25.2 Å². The van der Waals surface area contributed by atoms with Gasteiger partial charge in [0.1, 0.15) is 11.2 Å². The van der Waals surface area contributed by atoms with Crippen LogP contribution in [0.2, 0.25) is 0 Å². The molecule has 188 valence electrons. The Balaban J connectivity index is 1.48. The minimum absolute atomic E-state index is 0.140. The van der Waals surface area contributed by atoms with Crippen LogP contribution in [0.1, 0.15) is 84.5 Å². The molecule has 1 fully saturated rings. The molecule has 35 heavy (non-hydrogen) atoms. The van der Waals surface area contributed by atoms with Gasteiger partial charge in [-0.3, -0.25) is 19.1 Å². The van der Waals surface area contributed by atoms with Crippen molar-refractivity contribution in [3.05, 3.63) is 52.8 Å². The fraction of sp³-hybridized carbons (Fsp3) is 0.556. The van der Waals surface area contributed by atoms with E-state index in [0.717, 1.165) is 44.1 Å². The molecule has 1 aliphatic carbocycles. The largest absolute Gasteiger partial charge is 0.351 e. The Hall–Kier alpha value is -3.16. The smallest absolute Gasteiger partial charge is 0.273 e. The SMILES string of the molecule is CCCCN1C(=O)c2cc(C(=O)NCCc3ccc(C)cc3)nn2C[C@]1(C)C(=O)NC1CCCC1. The quantitative estimate of drug-likeness (QED) is 0.577. The summed E-state index contributed by atoms with van der Waals surface area (Å²) in [4.78, 5) is 41.4. The van der Waals surface area contributed by atoms with Crippen molar-refractivity contribution in [2.24, 2.45) is 0 Å². The molecule has 1 saturated carbocycles. The van der Waals surface area contributed by atoms with Gasteiger partial charge >= 0.3 is 0 Å². The first-order valence-corrected chi connectivity index (χ1v) is 12.9. The number of aromatic nitrogens is 2. The highest BCUT2D eigenvalue weighted by Gasteiger charge is 2.48. The van der Waals surface area contributed by atoms with Crippen molar-refractivity contribution in [2.45, 2.75) is 83.8 Å². The van der Waals surface area contributed by atoms with Gasteiger partial charge in [0.15, 0.2) is 5.69 Å². The number of hydrogen-bond acceptors (Lipinski definition) is 4. The van der Waals surface area contributed by atoms with Gasteiger partial charge in [0, 0.05) is 25.2 Å². The number of fused-ring (bicyclic) bond motifs is 1. The molecule has 0 spiro atoms. The minimum atomic E-state index is -1.05. The van der Waals surface area contributed by atoms with Crippen LogP contribution >= 0.6 is 0 Å². The van der Waals surface area contributed by atoms with Crippen LogP contribution in [0.25, 0.3) is 0 Å². The van der Waals surface area contributed by atoms with Gasteiger partial charge < -0.3 is 15.5 Å². The maximum atomic E-state index is 13.5. The molecular formula is C27H37N5O3. The van der Waals surface area contributed by atoms with Crippen molar-refractivity contribution in [1.82, 2.24) is 25.3 Å². The second-order valence-electron chi connectivity index (χ2n) is 10.1. The number of carbonyl (C=O) groups is 3. The van der Waals surface area contributed by atoms with Gasteiger partial charge in [0.05, 0.1) is 6.54 Å². The molecule has 2 heterocycles. The van der Waals surface area contributed by atoms with E-state index in [-0.39, 0.29) is 36.0 Å². The second-order valence-corrected chi connectivity index (χ2v) is 10.1. The zero-order valence-electron chi connectivity index (χ0n) is 21.1. The van der Waals surface area contributed by atoms with Crippen molar-refractivity contribution >= 4 is 17.7 Å². The van der Waals surface area contributed by atoms with Crippen LogP contribution in [-0.2, 0) is 17.8 Å². The van der Waals surface area contributed by atoms with Crippen LogP contribution in [-0.4, -0.2) is 57.1 Å². The standard InChI is InChI=1S/C27H37N5O3/c1-4-5-16-31-25(34)23-17-22(24(33)28-15-14-20-12-10-19(2)11-13-20)30-32(23)18-27(31,3)26(35)29-21-8-6-7-9-21/h10-13,17,21H,4-9,14-16,18H2,1-3H3,(H,28,33)(H,29,35)/t27-/m1/s1. The molecule has 8 nitrogen and oxygen atoms in total. The highest BCUT2D eigenvalue weighted by atomic mass is 16.2. The molecule has 1 aliphatic heterocycles. The summed E-state index contributed by atoms with van der Waals surface area (Å²) in [7, 11) is 0. The molecule has 2 aromatic rings. The Labute approximate surface area is 207 Å². The average molecular weight is 480 g/mol. The van der Waals surface area contributed by atoms with Gasteiger partial charge in [-0.2, -0.15) is 5.10 Å². The average Bonchev–Trinajstić information content (AvgIpc) is 3.50. The molecule has 0 saturated heterocycles. The molecular weight excluding hydrogens is 442 g/mol. The lowest BCUT2D eigenvalue weighted by molar-refractivity contribution is -0.133. The van der Waals surface area contributed by atoms with Crippen molar-refractivity contribution in [1.29, 1.82) is 0 Å². The summed E-state index contributed by atoms with van der Waals surface area (Å²) in [5.41, 5.74) is 1.85. The normalized spacial score (nSPS) is 20.1. The molecule has 8 heteroatoms. The lowest BCUT2D eigenvalue weighted by Gasteiger charge is -2.43. The first kappa shape index (κ1) is 24.9. The van der Waals surface area contributed by atoms with Gasteiger partial charge in [-0.25, -0.2) is 0 Å². The van der Waals surface area contributed by atoms with Crippen molar-refractivity contribution in [3.8, 4) is 0 Å². The van der Waals surface area contributed by atoms with E-state index in [1.807, 2.05) is 13.8 Å². The van der Waals surface area contributed by atoms with Crippen molar-refractivity contribution in [2.75, 3.05) is 13.1 Å². The second kappa shape index (κ2) is 10.6. The lowest BCUT2D eigenvalue weighted by atomic mass is 9.94. The maximum absolute atomic E-state index is 13.5. The van der Waals surface area contributed by atoms with Crippen LogP contribution in [0.3, 0.4) is 0 Å². The number of nitrogens with one attached hydrogen (secondary N) is 2. The molecule has 2 aliphatic rings. The van der Waals surface area contributed by atoms with Crippen LogP contribution in [0.5, 0.6) is 0 Å². The Kier molecular flexibility index (Phi) is 7.57.